The predicted octanol–water partition coefficient (Wildman–Crippen LogP) is 3.43. The highest BCUT2D eigenvalue weighted by Crippen LogP contribution is 2.34. The molecule has 23 heavy (non-hydrogen) atoms. The van der Waals surface area contributed by atoms with E-state index in [9.17, 15) is 0 Å². The summed E-state index contributed by atoms with van der Waals surface area (Å²) in [6.07, 6.45) is 2.22. The normalized spacial score (nSPS) is 16.5. The minimum atomic E-state index is 0.648. The smallest absolute Gasteiger partial charge is 0.162 e. The number of hydrogen-bond acceptors (Lipinski definition) is 4. The maximum absolute atomic E-state index is 5.73. The summed E-state index contributed by atoms with van der Waals surface area (Å²) in [6, 6.07) is 4.17. The third-order valence-corrected chi connectivity index (χ3v) is 4.97. The standard InChI is InChI=1S/C18H29BrN2O2/c1-4-22-17-13-15(16(19)14-18(17)23-5-2)7-6-8-21-11-9-20(3)10-12-21/h13-14H,4-12H2,1-3H3. The van der Waals surface area contributed by atoms with Gasteiger partial charge in [0, 0.05) is 30.7 Å². The molecule has 1 aromatic rings. The van der Waals surface area contributed by atoms with Gasteiger partial charge in [-0.2, -0.15) is 0 Å². The van der Waals surface area contributed by atoms with E-state index in [1.807, 2.05) is 19.9 Å². The van der Waals surface area contributed by atoms with E-state index in [-0.39, 0.29) is 0 Å². The third-order valence-electron chi connectivity index (χ3n) is 4.23. The molecule has 1 aliphatic rings. The highest BCUT2D eigenvalue weighted by molar-refractivity contribution is 9.10. The van der Waals surface area contributed by atoms with Gasteiger partial charge in [0.1, 0.15) is 0 Å². The summed E-state index contributed by atoms with van der Waals surface area (Å²) in [5, 5.41) is 0. The zero-order chi connectivity index (χ0) is 16.7. The van der Waals surface area contributed by atoms with Crippen molar-refractivity contribution in [2.24, 2.45) is 0 Å². The fraction of sp³-hybridized carbons (Fsp3) is 0.667. The Hall–Kier alpha value is -0.780. The molecule has 5 heteroatoms. The molecule has 0 aliphatic carbocycles. The van der Waals surface area contributed by atoms with E-state index >= 15 is 0 Å². The molecule has 0 N–H and O–H groups in total. The van der Waals surface area contributed by atoms with Gasteiger partial charge in [-0.25, -0.2) is 0 Å². The van der Waals surface area contributed by atoms with Crippen LogP contribution in [0.2, 0.25) is 0 Å². The number of hydrogen-bond donors (Lipinski definition) is 0. The maximum Gasteiger partial charge on any atom is 0.162 e. The third kappa shape index (κ3) is 5.66. The lowest BCUT2D eigenvalue weighted by molar-refractivity contribution is 0.153. The van der Waals surface area contributed by atoms with Crippen molar-refractivity contribution in [3.63, 3.8) is 0 Å². The molecular weight excluding hydrogens is 356 g/mol. The molecule has 1 aromatic carbocycles. The summed E-state index contributed by atoms with van der Waals surface area (Å²) in [7, 11) is 2.20. The quantitative estimate of drug-likeness (QED) is 0.685. The van der Waals surface area contributed by atoms with Crippen molar-refractivity contribution >= 4 is 15.9 Å². The van der Waals surface area contributed by atoms with Crippen LogP contribution in [0.5, 0.6) is 11.5 Å². The molecule has 0 spiro atoms. The number of piperazine rings is 1. The van der Waals surface area contributed by atoms with E-state index in [1.165, 1.54) is 38.2 Å². The minimum Gasteiger partial charge on any atom is -0.490 e. The first-order valence-electron chi connectivity index (χ1n) is 8.63. The Morgan fingerprint density at radius 2 is 1.61 bits per heavy atom. The first kappa shape index (κ1) is 18.6. The topological polar surface area (TPSA) is 24.9 Å². The number of likely N-dealkylation sites (N-methyl/N-ethyl adjacent to an activating group) is 1. The zero-order valence-electron chi connectivity index (χ0n) is 14.6. The number of benzene rings is 1. The van der Waals surface area contributed by atoms with Crippen LogP contribution in [0.25, 0.3) is 0 Å². The molecule has 0 amide bonds. The Bertz CT molecular complexity index is 488. The van der Waals surface area contributed by atoms with Crippen molar-refractivity contribution < 1.29 is 9.47 Å². The SMILES string of the molecule is CCOc1cc(Br)c(CCCN2CCN(C)CC2)cc1OCC. The van der Waals surface area contributed by atoms with E-state index in [0.29, 0.717) is 13.2 Å². The monoisotopic (exact) mass is 384 g/mol. The first-order chi connectivity index (χ1) is 11.1. The second-order valence-corrected chi connectivity index (χ2v) is 6.86. The van der Waals surface area contributed by atoms with Crippen molar-refractivity contribution in [1.82, 2.24) is 9.80 Å². The van der Waals surface area contributed by atoms with Gasteiger partial charge in [-0.15, -0.1) is 0 Å². The van der Waals surface area contributed by atoms with Gasteiger partial charge in [-0.1, -0.05) is 15.9 Å². The van der Waals surface area contributed by atoms with E-state index in [4.69, 9.17) is 9.47 Å². The molecule has 1 heterocycles. The van der Waals surface area contributed by atoms with Crippen LogP contribution in [0.4, 0.5) is 0 Å². The molecule has 1 fully saturated rings. The molecule has 0 unspecified atom stereocenters. The van der Waals surface area contributed by atoms with E-state index in [0.717, 1.165) is 28.9 Å². The highest BCUT2D eigenvalue weighted by atomic mass is 79.9. The van der Waals surface area contributed by atoms with Crippen molar-refractivity contribution in [1.29, 1.82) is 0 Å². The van der Waals surface area contributed by atoms with Gasteiger partial charge >= 0.3 is 0 Å². The number of rotatable bonds is 8. The molecule has 130 valence electrons. The summed E-state index contributed by atoms with van der Waals surface area (Å²) < 4.78 is 12.5. The molecule has 2 rings (SSSR count). The Morgan fingerprint density at radius 1 is 1.00 bits per heavy atom. The number of aryl methyl sites for hydroxylation is 1. The van der Waals surface area contributed by atoms with Crippen LogP contribution in [-0.4, -0.2) is 62.8 Å². The predicted molar refractivity (Wildman–Crippen MR) is 98.7 cm³/mol. The van der Waals surface area contributed by atoms with Gasteiger partial charge in [0.15, 0.2) is 11.5 Å². The second kappa shape index (κ2) is 9.50. The fourth-order valence-electron chi connectivity index (χ4n) is 2.87. The first-order valence-corrected chi connectivity index (χ1v) is 9.42. The molecule has 1 saturated heterocycles. The molecule has 1 aliphatic heterocycles. The molecule has 4 nitrogen and oxygen atoms in total. The Balaban J connectivity index is 1.92. The van der Waals surface area contributed by atoms with Gasteiger partial charge in [0.05, 0.1) is 13.2 Å². The van der Waals surface area contributed by atoms with E-state index in [1.54, 1.807) is 0 Å². The summed E-state index contributed by atoms with van der Waals surface area (Å²) in [4.78, 5) is 4.96. The van der Waals surface area contributed by atoms with Crippen molar-refractivity contribution in [3.8, 4) is 11.5 Å². The number of halogens is 1. The number of nitrogens with zero attached hydrogens (tertiary/aromatic N) is 2. The second-order valence-electron chi connectivity index (χ2n) is 6.00. The van der Waals surface area contributed by atoms with Gasteiger partial charge < -0.3 is 19.3 Å². The van der Waals surface area contributed by atoms with Crippen LogP contribution < -0.4 is 9.47 Å². The largest absolute Gasteiger partial charge is 0.490 e. The van der Waals surface area contributed by atoms with Crippen molar-refractivity contribution in [2.75, 3.05) is 53.0 Å². The lowest BCUT2D eigenvalue weighted by atomic mass is 10.1. The molecule has 0 aromatic heterocycles. The van der Waals surface area contributed by atoms with Crippen LogP contribution >= 0.6 is 15.9 Å². The molecular formula is C18H29BrN2O2. The zero-order valence-corrected chi connectivity index (χ0v) is 16.2. The van der Waals surface area contributed by atoms with Gasteiger partial charge in [-0.3, -0.25) is 0 Å². The Labute approximate surface area is 148 Å². The van der Waals surface area contributed by atoms with Crippen LogP contribution in [-0.2, 0) is 6.42 Å². The van der Waals surface area contributed by atoms with Gasteiger partial charge in [0.2, 0.25) is 0 Å². The number of ether oxygens (including phenoxy) is 2. The average molecular weight is 385 g/mol. The molecule has 0 saturated carbocycles. The Morgan fingerprint density at radius 3 is 2.22 bits per heavy atom. The van der Waals surface area contributed by atoms with Crippen molar-refractivity contribution in [3.05, 3.63) is 22.2 Å². The highest BCUT2D eigenvalue weighted by Gasteiger charge is 2.14. The van der Waals surface area contributed by atoms with Gasteiger partial charge in [-0.05, 0) is 58.0 Å². The summed E-state index contributed by atoms with van der Waals surface area (Å²) in [5.41, 5.74) is 1.30. The van der Waals surface area contributed by atoms with E-state index < -0.39 is 0 Å². The van der Waals surface area contributed by atoms with Crippen LogP contribution in [0.3, 0.4) is 0 Å². The van der Waals surface area contributed by atoms with Crippen LogP contribution in [0.15, 0.2) is 16.6 Å². The van der Waals surface area contributed by atoms with Crippen LogP contribution in [0.1, 0.15) is 25.8 Å². The molecule has 0 bridgehead atoms. The van der Waals surface area contributed by atoms with Crippen LogP contribution in [0, 0.1) is 0 Å². The summed E-state index contributed by atoms with van der Waals surface area (Å²) >= 11 is 3.68. The summed E-state index contributed by atoms with van der Waals surface area (Å²) in [6.45, 7) is 11.2. The Kier molecular flexibility index (Phi) is 7.66. The lowest BCUT2D eigenvalue weighted by Crippen LogP contribution is -2.44. The van der Waals surface area contributed by atoms with Crippen molar-refractivity contribution in [2.45, 2.75) is 26.7 Å². The lowest BCUT2D eigenvalue weighted by Gasteiger charge is -2.32. The van der Waals surface area contributed by atoms with E-state index in [2.05, 4.69) is 38.8 Å². The fourth-order valence-corrected chi connectivity index (χ4v) is 3.39. The molecule has 0 atom stereocenters. The minimum absolute atomic E-state index is 0.648. The molecule has 0 radical (unpaired) electrons. The maximum atomic E-state index is 5.73. The average Bonchev–Trinajstić information content (AvgIpc) is 2.53. The van der Waals surface area contributed by atoms with Gasteiger partial charge in [0.25, 0.3) is 0 Å². The summed E-state index contributed by atoms with van der Waals surface area (Å²) in [5.74, 6) is 1.68.